The van der Waals surface area contributed by atoms with Gasteiger partial charge in [-0.2, -0.15) is 0 Å². The topological polar surface area (TPSA) is 230 Å². The molecule has 20 nitrogen and oxygen atoms in total. The zero-order valence-electron chi connectivity index (χ0n) is 52.9. The van der Waals surface area contributed by atoms with Crippen molar-refractivity contribution >= 4 is 63.4 Å². The highest BCUT2D eigenvalue weighted by Gasteiger charge is 2.18. The van der Waals surface area contributed by atoms with Crippen molar-refractivity contribution in [1.29, 1.82) is 0 Å². The van der Waals surface area contributed by atoms with Gasteiger partial charge in [-0.15, -0.1) is 0 Å². The van der Waals surface area contributed by atoms with Crippen LogP contribution < -0.4 is 21.7 Å². The van der Waals surface area contributed by atoms with Crippen molar-refractivity contribution in [3.8, 4) is 22.5 Å². The average Bonchev–Trinajstić information content (AvgIpc) is 1.64. The molecule has 0 unspecified atom stereocenters. The highest BCUT2D eigenvalue weighted by Crippen LogP contribution is 2.26. The predicted octanol–water partition coefficient (Wildman–Crippen LogP) is 10.7. The van der Waals surface area contributed by atoms with E-state index >= 15 is 0 Å². The van der Waals surface area contributed by atoms with Gasteiger partial charge in [0.1, 0.15) is 0 Å². The Labute approximate surface area is 544 Å². The highest BCUT2D eigenvalue weighted by atomic mass is 35.5. The number of carboxylic acids is 1. The second-order valence-corrected chi connectivity index (χ2v) is 23.6. The number of carbonyl (C=O) groups excluding carboxylic acids is 2. The highest BCUT2D eigenvalue weighted by molar-refractivity contribution is 6.67. The normalized spacial score (nSPS) is 14.8. The van der Waals surface area contributed by atoms with Gasteiger partial charge in [0.15, 0.2) is 0 Å². The Kier molecular flexibility index (Phi) is 24.5. The van der Waals surface area contributed by atoms with Gasteiger partial charge < -0.3 is 41.5 Å². The van der Waals surface area contributed by atoms with Crippen LogP contribution in [0.15, 0.2) is 183 Å². The van der Waals surface area contributed by atoms with Crippen molar-refractivity contribution < 1.29 is 19.5 Å². The maximum atomic E-state index is 12.9. The molecule has 3 aliphatic heterocycles. The van der Waals surface area contributed by atoms with Crippen LogP contribution in [0.1, 0.15) is 58.9 Å². The maximum absolute atomic E-state index is 12.9. The number of aromatic carboxylic acids is 1. The number of aromatic nitrogens is 6. The first kappa shape index (κ1) is 67.0. The molecule has 92 heavy (non-hydrogen) atoms. The lowest BCUT2D eigenvalue weighted by Gasteiger charge is -2.32. The molecule has 0 radical (unpaired) electrons. The summed E-state index contributed by atoms with van der Waals surface area (Å²) in [6, 6.07) is 45.4. The fraction of sp³-hybridized carbons (Fsp3) is 0.282. The number of nitrogens with two attached hydrogens (primary N) is 1. The van der Waals surface area contributed by atoms with Crippen molar-refractivity contribution in [3.63, 3.8) is 0 Å². The molecule has 0 spiro atoms. The standard InChI is InChI=1S/C29H31N7O.C16H15N5.C13H17ClN2O.C13H18N2O2/c1-21-5-10-25(18-27(21)34-29-31-13-11-26(33-29)24-4-3-12-30-19-24)32-28(37)23-8-6-22(7-9-23)20-36-16-14-35(2)15-17-36;1-11-4-5-13(17)9-15(11)21-16-19-8-6-14(20-16)12-3-2-7-18-10-12;1-15-6-8-16(9-7-15)10-11-2-4-12(5-3-11)13(14)17;1-14-6-8-15(9-7-14)10-11-2-4-12(5-3-11)13(16)17/h3-13,18-19H,14-17,20H2,1-2H3,(H,32,37)(H,31,33,34);2-10H,17H2,1H3,(H,19,20,21);2-5H,6-10H2,1H3;2-5H,6-10H2,1H3,(H,16,17). The first-order valence-electron chi connectivity index (χ1n) is 30.8. The number of halogens is 1. The molecule has 0 bridgehead atoms. The summed E-state index contributed by atoms with van der Waals surface area (Å²) in [7, 11) is 6.45. The number of anilines is 6. The zero-order valence-corrected chi connectivity index (χ0v) is 53.7. The van der Waals surface area contributed by atoms with Gasteiger partial charge in [-0.25, -0.2) is 24.7 Å². The minimum Gasteiger partial charge on any atom is -0.478 e. The molecule has 7 heterocycles. The van der Waals surface area contributed by atoms with Crippen LogP contribution in [0.2, 0.25) is 0 Å². The Hall–Kier alpha value is -9.38. The lowest BCUT2D eigenvalue weighted by atomic mass is 10.1. The van der Waals surface area contributed by atoms with Gasteiger partial charge in [0.25, 0.3) is 11.1 Å². The lowest BCUT2D eigenvalue weighted by Crippen LogP contribution is -2.43. The lowest BCUT2D eigenvalue weighted by molar-refractivity contribution is 0.0696. The van der Waals surface area contributed by atoms with E-state index in [1.165, 1.54) is 16.7 Å². The van der Waals surface area contributed by atoms with Crippen molar-refractivity contribution in [2.45, 2.75) is 33.5 Å². The fourth-order valence-corrected chi connectivity index (χ4v) is 10.4. The monoisotopic (exact) mass is 1260 g/mol. The van der Waals surface area contributed by atoms with Crippen LogP contribution in [0.3, 0.4) is 0 Å². The molecule has 1 amide bonds. The van der Waals surface area contributed by atoms with Gasteiger partial charge >= 0.3 is 5.97 Å². The number of likely N-dealkylation sites (N-methyl/N-ethyl adjacent to an activating group) is 3. The molecule has 9 aromatic rings. The summed E-state index contributed by atoms with van der Waals surface area (Å²) in [5.41, 5.74) is 19.7. The minimum atomic E-state index is -0.865. The van der Waals surface area contributed by atoms with Crippen molar-refractivity contribution in [1.82, 2.24) is 59.3 Å². The largest absolute Gasteiger partial charge is 0.478 e. The molecule has 4 aromatic heterocycles. The van der Waals surface area contributed by atoms with E-state index < -0.39 is 11.2 Å². The number of rotatable bonds is 16. The number of hydrogen-bond acceptors (Lipinski definition) is 18. The third kappa shape index (κ3) is 20.8. The number of carboxylic acid groups (broad SMARTS) is 1. The molecule has 0 aliphatic carbocycles. The van der Waals surface area contributed by atoms with E-state index in [2.05, 4.69) is 96.4 Å². The number of nitrogens with zero attached hydrogens (tertiary/aromatic N) is 12. The van der Waals surface area contributed by atoms with E-state index in [-0.39, 0.29) is 5.91 Å². The Bertz CT molecular complexity index is 3730. The number of nitrogens with one attached hydrogen (secondary N) is 3. The van der Waals surface area contributed by atoms with Crippen LogP contribution in [0.5, 0.6) is 0 Å². The van der Waals surface area contributed by atoms with Crippen LogP contribution in [-0.4, -0.2) is 181 Å². The molecule has 0 saturated carbocycles. The summed E-state index contributed by atoms with van der Waals surface area (Å²) in [5, 5.41) is 17.9. The summed E-state index contributed by atoms with van der Waals surface area (Å²) in [6.07, 6.45) is 10.4. The second kappa shape index (κ2) is 33.6. The van der Waals surface area contributed by atoms with Gasteiger partial charge in [0, 0.05) is 180 Å². The molecule has 476 valence electrons. The summed E-state index contributed by atoms with van der Waals surface area (Å²) >= 11 is 5.41. The van der Waals surface area contributed by atoms with E-state index in [1.807, 2.05) is 135 Å². The molecule has 5 aromatic carbocycles. The summed E-state index contributed by atoms with van der Waals surface area (Å²) in [4.78, 5) is 74.9. The smallest absolute Gasteiger partial charge is 0.335 e. The van der Waals surface area contributed by atoms with Crippen LogP contribution in [0, 0.1) is 13.8 Å². The van der Waals surface area contributed by atoms with Gasteiger partial charge in [-0.3, -0.25) is 34.3 Å². The molecular formula is C71H81ClN16O4. The number of carbonyl (C=O) groups is 3. The maximum Gasteiger partial charge on any atom is 0.335 e. The Morgan fingerprint density at radius 1 is 0.489 bits per heavy atom. The van der Waals surface area contributed by atoms with Crippen molar-refractivity contribution in [2.75, 3.05) is 121 Å². The van der Waals surface area contributed by atoms with Crippen LogP contribution >= 0.6 is 11.6 Å². The number of aryl methyl sites for hydroxylation is 2. The van der Waals surface area contributed by atoms with E-state index in [0.29, 0.717) is 40.0 Å². The van der Waals surface area contributed by atoms with Crippen LogP contribution in [0.25, 0.3) is 22.5 Å². The fourth-order valence-electron chi connectivity index (χ4n) is 10.3. The van der Waals surface area contributed by atoms with Crippen LogP contribution in [0.4, 0.5) is 34.6 Å². The number of hydrogen-bond donors (Lipinski definition) is 5. The summed E-state index contributed by atoms with van der Waals surface area (Å²) in [6.45, 7) is 19.9. The van der Waals surface area contributed by atoms with E-state index in [9.17, 15) is 14.4 Å². The quantitative estimate of drug-likeness (QED) is 0.0447. The third-order valence-corrected chi connectivity index (χ3v) is 16.3. The van der Waals surface area contributed by atoms with Gasteiger partial charge in [-0.1, -0.05) is 48.5 Å². The Morgan fingerprint density at radius 3 is 1.29 bits per heavy atom. The van der Waals surface area contributed by atoms with Gasteiger partial charge in [-0.05, 0) is 171 Å². The van der Waals surface area contributed by atoms with E-state index in [0.717, 1.165) is 143 Å². The molecule has 3 aliphatic rings. The third-order valence-electron chi connectivity index (χ3n) is 16.1. The molecular weight excluding hydrogens is 1180 g/mol. The number of nitrogen functional groups attached to an aromatic ring is 1. The molecule has 3 fully saturated rings. The summed E-state index contributed by atoms with van der Waals surface area (Å²) in [5.74, 6) is 0.000782. The first-order valence-corrected chi connectivity index (χ1v) is 31.2. The minimum absolute atomic E-state index is 0.143. The predicted molar refractivity (Wildman–Crippen MR) is 367 cm³/mol. The number of benzene rings is 5. The summed E-state index contributed by atoms with van der Waals surface area (Å²) < 4.78 is 0. The Morgan fingerprint density at radius 2 is 0.891 bits per heavy atom. The molecule has 0 atom stereocenters. The average molecular weight is 1260 g/mol. The molecule has 6 N–H and O–H groups in total. The Balaban J connectivity index is 0.000000155. The number of amides is 1. The van der Waals surface area contributed by atoms with Gasteiger partial charge in [0.2, 0.25) is 11.9 Å². The van der Waals surface area contributed by atoms with Crippen LogP contribution in [-0.2, 0) is 19.6 Å². The molecule has 21 heteroatoms. The number of pyridine rings is 2. The van der Waals surface area contributed by atoms with Crippen molar-refractivity contribution in [2.24, 2.45) is 0 Å². The molecule has 3 saturated heterocycles. The first-order chi connectivity index (χ1) is 44.5. The number of piperazine rings is 3. The zero-order chi connectivity index (χ0) is 64.8. The van der Waals surface area contributed by atoms with E-state index in [4.69, 9.17) is 22.4 Å². The molecule has 12 rings (SSSR count). The van der Waals surface area contributed by atoms with Gasteiger partial charge in [0.05, 0.1) is 17.0 Å². The van der Waals surface area contributed by atoms with E-state index in [1.54, 1.807) is 61.4 Å². The van der Waals surface area contributed by atoms with Crippen molar-refractivity contribution in [3.05, 3.63) is 227 Å². The second-order valence-electron chi connectivity index (χ2n) is 23.2. The SMILES string of the molecule is CN1CCN(Cc2ccc(C(=O)Cl)cc2)CC1.CN1CCN(Cc2ccc(C(=O)O)cc2)CC1.Cc1ccc(N)cc1Nc1nccc(-c2cccnc2)n1.Cc1ccc(NC(=O)c2ccc(CN3CCN(C)CC3)cc2)cc1Nc1nccc(-c2cccnc2)n1.